The van der Waals surface area contributed by atoms with Crippen molar-refractivity contribution in [2.45, 2.75) is 302 Å². The predicted molar refractivity (Wildman–Crippen MR) is 439 cm³/mol. The number of hydrogen-bond donors (Lipinski definition) is 9. The number of ether oxygens (including phenoxy) is 2. The minimum atomic E-state index is -0.911. The predicted octanol–water partition coefficient (Wildman–Crippen LogP) is 18.1. The van der Waals surface area contributed by atoms with Crippen molar-refractivity contribution in [3.63, 3.8) is 0 Å². The quantitative estimate of drug-likeness (QED) is 0.00895. The highest BCUT2D eigenvalue weighted by atomic mass is 16.5. The Labute approximate surface area is 648 Å². The molecule has 0 aliphatic rings. The lowest BCUT2D eigenvalue weighted by atomic mass is 9.78. The lowest BCUT2D eigenvalue weighted by molar-refractivity contribution is -0.152. The number of nitrogens with two attached hydrogens (primary N) is 1. The van der Waals surface area contributed by atoms with Crippen LogP contribution in [0.15, 0.2) is 77.8 Å². The van der Waals surface area contributed by atoms with Gasteiger partial charge >= 0.3 is 18.0 Å². The van der Waals surface area contributed by atoms with Gasteiger partial charge in [-0.1, -0.05) is 244 Å². The van der Waals surface area contributed by atoms with Crippen molar-refractivity contribution in [1.82, 2.24) is 16.0 Å². The molecule has 0 unspecified atom stereocenters. The number of isocyanates is 1. The first-order valence-corrected chi connectivity index (χ1v) is 36.9. The van der Waals surface area contributed by atoms with Crippen LogP contribution in [0.3, 0.4) is 0 Å². The van der Waals surface area contributed by atoms with Gasteiger partial charge in [0.25, 0.3) is 0 Å². The molecule has 0 aromatic heterocycles. The fourth-order valence-electron chi connectivity index (χ4n) is 10.8. The first-order valence-electron chi connectivity index (χ1n) is 36.9. The number of esters is 2. The molecular formula is C89H137N5O14. The molecule has 19 heteroatoms. The normalized spacial score (nSPS) is 11.9. The minimum absolute atomic E-state index is 0.0178. The standard InChI is InChI=1S/C22H34N2O4.C16H25NO2.C15H25NO.C15H22O2.C15H24O.C6H7NO4/c1-14(2)19(26)28-10-9-23-20(27)24-13-15-11-16(21(3,4)5)18(25)17(12-15)22(6,7)8;1-15(2,3)12-7-11(9-17-10-18)8-13(14(12)19)16(4,5)6;2*1-14(2,3)11-7-10(9-16)8-12(13(11)17)15(4,5)6;1-10-8-11(14(2,3)4)13(16)12(9-10)15(5,6)7;1-5(9)6(10)11-3-2-7-4-8/h11-12,25H,1,9-10,13H2,2-8H3,(H2,23,24,27);7-8,10,19H,9H2,1-6H3,(H,17,18);7-8,17H,9,16H2,1-6H3;7-9,17H,1-6H3;8-9,16H,1-7H3;2-3H2,1H3. The van der Waals surface area contributed by atoms with Crippen LogP contribution in [0.4, 0.5) is 4.79 Å². The third kappa shape index (κ3) is 33.0. The molecule has 108 heavy (non-hydrogen) atoms. The van der Waals surface area contributed by atoms with E-state index in [1.54, 1.807) is 19.1 Å². The molecule has 0 bridgehead atoms. The van der Waals surface area contributed by atoms with E-state index in [0.717, 1.165) is 85.5 Å². The molecule has 0 spiro atoms. The van der Waals surface area contributed by atoms with Gasteiger partial charge in [0.15, 0.2) is 0 Å². The maximum atomic E-state index is 12.0. The average Bonchev–Trinajstić information content (AvgIpc) is 0.817. The highest BCUT2D eigenvalue weighted by molar-refractivity contribution is 6.32. The number of nitrogens with one attached hydrogen (secondary N) is 3. The second-order valence-corrected chi connectivity index (χ2v) is 37.8. The lowest BCUT2D eigenvalue weighted by Crippen LogP contribution is -2.37. The number of aromatic hydroxyl groups is 5. The summed E-state index contributed by atoms with van der Waals surface area (Å²) in [4.78, 5) is 77.9. The van der Waals surface area contributed by atoms with Crippen molar-refractivity contribution in [2.24, 2.45) is 10.7 Å². The largest absolute Gasteiger partial charge is 0.507 e. The van der Waals surface area contributed by atoms with Crippen LogP contribution in [0, 0.1) is 6.92 Å². The molecule has 0 aliphatic carbocycles. The van der Waals surface area contributed by atoms with Crippen LogP contribution in [0.1, 0.15) is 310 Å². The zero-order valence-corrected chi connectivity index (χ0v) is 72.0. The number of aryl methyl sites for hydroxylation is 1. The van der Waals surface area contributed by atoms with Crippen molar-refractivity contribution in [2.75, 3.05) is 26.3 Å². The van der Waals surface area contributed by atoms with Crippen molar-refractivity contribution < 1.29 is 68.6 Å². The molecule has 0 aliphatic heterocycles. The van der Waals surface area contributed by atoms with Crippen molar-refractivity contribution >= 4 is 42.5 Å². The highest BCUT2D eigenvalue weighted by Crippen LogP contribution is 2.45. The van der Waals surface area contributed by atoms with Crippen molar-refractivity contribution in [1.29, 1.82) is 0 Å². The molecule has 0 atom stereocenters. The number of phenols is 5. The molecule has 3 amide bonds. The number of amides is 3. The maximum absolute atomic E-state index is 12.0. The summed E-state index contributed by atoms with van der Waals surface area (Å²) in [7, 11) is 0. The topological polar surface area (TPSA) is 314 Å². The molecule has 602 valence electrons. The summed E-state index contributed by atoms with van der Waals surface area (Å²) in [6.45, 7) is 72.2. The summed E-state index contributed by atoms with van der Waals surface area (Å²) in [6, 6.07) is 19.2. The van der Waals surface area contributed by atoms with Crippen LogP contribution in [-0.4, -0.2) is 94.4 Å². The van der Waals surface area contributed by atoms with E-state index in [-0.39, 0.29) is 86.5 Å². The number of ketones is 1. The monoisotopic (exact) mass is 1500 g/mol. The third-order valence-corrected chi connectivity index (χ3v) is 16.9. The number of hydrogen-bond acceptors (Lipinski definition) is 16. The van der Waals surface area contributed by atoms with E-state index in [4.69, 9.17) is 10.5 Å². The number of aldehydes is 1. The summed E-state index contributed by atoms with van der Waals surface area (Å²) in [6.07, 6.45) is 2.80. The fourth-order valence-corrected chi connectivity index (χ4v) is 10.8. The van der Waals surface area contributed by atoms with Crippen LogP contribution in [-0.2, 0) is 107 Å². The van der Waals surface area contributed by atoms with Gasteiger partial charge < -0.3 is 56.7 Å². The van der Waals surface area contributed by atoms with Crippen LogP contribution in [0.25, 0.3) is 0 Å². The molecule has 0 heterocycles. The van der Waals surface area contributed by atoms with Crippen molar-refractivity contribution in [3.05, 3.63) is 156 Å². The Kier molecular flexibility index (Phi) is 36.8. The van der Waals surface area contributed by atoms with E-state index in [9.17, 15) is 59.1 Å². The number of carbonyl (C=O) groups is 6. The fraction of sp³-hybridized carbons (Fsp3) is 0.562. The maximum Gasteiger partial charge on any atom is 0.374 e. The second kappa shape index (κ2) is 40.1. The van der Waals surface area contributed by atoms with Gasteiger partial charge in [-0.3, -0.25) is 14.4 Å². The number of phenolic OH excluding ortho intramolecular Hbond substituents is 5. The lowest BCUT2D eigenvalue weighted by Gasteiger charge is -2.28. The first-order chi connectivity index (χ1) is 48.7. The Morgan fingerprint density at radius 3 is 0.972 bits per heavy atom. The van der Waals surface area contributed by atoms with E-state index in [2.05, 4.69) is 176 Å². The zero-order valence-electron chi connectivity index (χ0n) is 72.0. The van der Waals surface area contributed by atoms with E-state index >= 15 is 0 Å². The summed E-state index contributed by atoms with van der Waals surface area (Å²) in [5, 5.41) is 60.6. The smallest absolute Gasteiger partial charge is 0.374 e. The number of carbonyl (C=O) groups excluding carboxylic acids is 7. The minimum Gasteiger partial charge on any atom is -0.507 e. The SMILES string of the molecule is C=C(C)C(=O)OCCNC(=O)NCc1cc(C(C)(C)C)c(O)c(C(C)(C)C)c1.CC(=O)C(=O)OCCN=C=O.CC(C)(C)c1cc(C=O)cc(C(C)(C)C)c1O.CC(C)(C)c1cc(CN)cc(C(C)(C)C)c1O.CC(C)(C)c1cc(CNC=O)cc(C(C)(C)C)c1O.Cc1cc(C(C)(C)C)c(O)c(C(C)(C)C)c1. The summed E-state index contributed by atoms with van der Waals surface area (Å²) in [5.41, 5.74) is 18.9. The number of aliphatic imine (C=N–C) groups is 1. The van der Waals surface area contributed by atoms with Gasteiger partial charge in [-0.15, -0.1) is 0 Å². The van der Waals surface area contributed by atoms with Crippen LogP contribution in [0.2, 0.25) is 0 Å². The first kappa shape index (κ1) is 99.2. The Hall–Kier alpha value is -8.80. The average molecular weight is 1500 g/mol. The molecule has 19 nitrogen and oxygen atoms in total. The number of nitrogens with zero attached hydrogens (tertiary/aromatic N) is 1. The van der Waals surface area contributed by atoms with Gasteiger partial charge in [-0.25, -0.2) is 24.2 Å². The Morgan fingerprint density at radius 2 is 0.713 bits per heavy atom. The van der Waals surface area contributed by atoms with Gasteiger partial charge in [0.1, 0.15) is 48.2 Å². The van der Waals surface area contributed by atoms with Gasteiger partial charge in [0, 0.05) is 48.8 Å². The second-order valence-electron chi connectivity index (χ2n) is 37.8. The summed E-state index contributed by atoms with van der Waals surface area (Å²) in [5.74, 6) is -0.173. The molecule has 0 fully saturated rings. The van der Waals surface area contributed by atoms with Crippen molar-refractivity contribution in [3.8, 4) is 28.7 Å². The van der Waals surface area contributed by atoms with E-state index in [0.29, 0.717) is 65.9 Å². The van der Waals surface area contributed by atoms with Crippen LogP contribution in [0.5, 0.6) is 28.7 Å². The van der Waals surface area contributed by atoms with Gasteiger partial charge in [-0.2, -0.15) is 0 Å². The van der Waals surface area contributed by atoms with Gasteiger partial charge in [0.05, 0.1) is 13.1 Å². The molecule has 10 N–H and O–H groups in total. The molecule has 5 rings (SSSR count). The molecule has 0 saturated carbocycles. The Bertz CT molecular complexity index is 3760. The molecule has 5 aromatic carbocycles. The molecule has 0 radical (unpaired) electrons. The molecular weight excluding hydrogens is 1360 g/mol. The third-order valence-electron chi connectivity index (χ3n) is 16.9. The zero-order chi connectivity index (χ0) is 84.8. The number of benzene rings is 5. The Balaban J connectivity index is 0.00000130. The van der Waals surface area contributed by atoms with Crippen LogP contribution >= 0.6 is 0 Å². The summed E-state index contributed by atoms with van der Waals surface area (Å²) < 4.78 is 9.27. The van der Waals surface area contributed by atoms with E-state index < -0.39 is 17.7 Å². The highest BCUT2D eigenvalue weighted by Gasteiger charge is 2.32. The number of rotatable bonds is 15. The van der Waals surface area contributed by atoms with Crippen LogP contribution < -0.4 is 21.7 Å². The molecule has 5 aromatic rings. The van der Waals surface area contributed by atoms with E-state index in [1.807, 2.05) is 119 Å². The van der Waals surface area contributed by atoms with E-state index in [1.165, 1.54) is 11.6 Å². The summed E-state index contributed by atoms with van der Waals surface area (Å²) >= 11 is 0. The molecule has 0 saturated heterocycles. The van der Waals surface area contributed by atoms with Gasteiger partial charge in [-0.05, 0) is 166 Å². The number of urea groups is 1. The van der Waals surface area contributed by atoms with Gasteiger partial charge in [0.2, 0.25) is 18.3 Å². The number of Topliss-reactive ketones (excluding diaryl/α,β-unsaturated/α-hetero) is 1. The Morgan fingerprint density at radius 1 is 0.435 bits per heavy atom.